The van der Waals surface area contributed by atoms with Crippen LogP contribution >= 0.6 is 0 Å². The van der Waals surface area contributed by atoms with Gasteiger partial charge in [0.2, 0.25) is 0 Å². The van der Waals surface area contributed by atoms with Gasteiger partial charge in [0.1, 0.15) is 0 Å². The summed E-state index contributed by atoms with van der Waals surface area (Å²) in [6, 6.07) is 20.1. The van der Waals surface area contributed by atoms with Gasteiger partial charge in [-0.15, -0.1) is 26.3 Å². The highest BCUT2D eigenvalue weighted by molar-refractivity contribution is 6.62. The van der Waals surface area contributed by atoms with Crippen molar-refractivity contribution in [2.75, 3.05) is 0 Å². The molecule has 2 aliphatic heterocycles. The van der Waals surface area contributed by atoms with Crippen molar-refractivity contribution < 1.29 is 18.6 Å². The van der Waals surface area contributed by atoms with Crippen LogP contribution in [0.25, 0.3) is 22.3 Å². The maximum Gasteiger partial charge on any atom is 0.494 e. The SMILES string of the molecule is C=CCCCCCCC1(CCCCCCC=C)c2cc(B3OC(C)(C)C(C)(C)O3)ccc2-c2cc3c(cc21)-c1ccc(B2OC(C)(C)C(C)(C)O2)cc1C3(CCCCCCC=C)CCCCCCC=C. The normalized spacial score (nSPS) is 19.1. The van der Waals surface area contributed by atoms with E-state index < -0.39 is 36.6 Å². The summed E-state index contributed by atoms with van der Waals surface area (Å²) in [5, 5.41) is 0. The van der Waals surface area contributed by atoms with Crippen LogP contribution in [0.3, 0.4) is 0 Å². The van der Waals surface area contributed by atoms with Crippen LogP contribution in [0.2, 0.25) is 0 Å². The van der Waals surface area contributed by atoms with E-state index in [0.717, 1.165) is 62.3 Å². The highest BCUT2D eigenvalue weighted by Gasteiger charge is 2.55. The zero-order valence-corrected chi connectivity index (χ0v) is 45.5. The molecule has 6 heteroatoms. The number of hydrogen-bond donors (Lipinski definition) is 0. The first kappa shape index (κ1) is 54.4. The molecule has 0 atom stereocenters. The first-order valence-corrected chi connectivity index (χ1v) is 28.1. The lowest BCUT2D eigenvalue weighted by molar-refractivity contribution is 0.00578. The summed E-state index contributed by atoms with van der Waals surface area (Å²) in [4.78, 5) is 0. The lowest BCUT2D eigenvalue weighted by Crippen LogP contribution is -2.41. The van der Waals surface area contributed by atoms with Crippen molar-refractivity contribution in [3.63, 3.8) is 0 Å². The van der Waals surface area contributed by atoms with Gasteiger partial charge >= 0.3 is 14.2 Å². The average molecular weight is 947 g/mol. The van der Waals surface area contributed by atoms with E-state index in [1.807, 2.05) is 0 Å². The zero-order chi connectivity index (χ0) is 50.2. The molecule has 2 heterocycles. The van der Waals surface area contributed by atoms with Gasteiger partial charge in [-0.25, -0.2) is 0 Å². The molecular formula is C64H92B2O4. The molecule has 3 aromatic rings. The summed E-state index contributed by atoms with van der Waals surface area (Å²) in [6.07, 6.45) is 36.7. The monoisotopic (exact) mass is 947 g/mol. The number of rotatable bonds is 30. The Bertz CT molecular complexity index is 2050. The summed E-state index contributed by atoms with van der Waals surface area (Å²) in [5.74, 6) is 0. The zero-order valence-electron chi connectivity index (χ0n) is 45.5. The maximum absolute atomic E-state index is 6.80. The predicted molar refractivity (Wildman–Crippen MR) is 302 cm³/mol. The number of benzene rings is 3. The van der Waals surface area contributed by atoms with E-state index in [1.54, 1.807) is 0 Å². The molecule has 0 saturated carbocycles. The molecule has 0 radical (unpaired) electrons. The van der Waals surface area contributed by atoms with Crippen molar-refractivity contribution in [1.29, 1.82) is 0 Å². The number of fused-ring (bicyclic) bond motifs is 6. The molecule has 2 saturated heterocycles. The first-order chi connectivity index (χ1) is 33.5. The second-order valence-electron chi connectivity index (χ2n) is 23.9. The fourth-order valence-electron chi connectivity index (χ4n) is 12.4. The number of hydrogen-bond acceptors (Lipinski definition) is 4. The third kappa shape index (κ3) is 11.2. The molecule has 0 unspecified atom stereocenters. The summed E-state index contributed by atoms with van der Waals surface area (Å²) < 4.78 is 27.2. The Hall–Kier alpha value is -3.41. The van der Waals surface area contributed by atoms with Crippen molar-refractivity contribution in [3.8, 4) is 22.3 Å². The van der Waals surface area contributed by atoms with Crippen LogP contribution in [0.1, 0.15) is 232 Å². The van der Waals surface area contributed by atoms with Crippen molar-refractivity contribution in [2.24, 2.45) is 0 Å². The largest absolute Gasteiger partial charge is 0.494 e. The Morgan fingerprint density at radius 3 is 0.871 bits per heavy atom. The first-order valence-electron chi connectivity index (χ1n) is 28.1. The lowest BCUT2D eigenvalue weighted by atomic mass is 9.67. The van der Waals surface area contributed by atoms with Gasteiger partial charge in [-0.05, 0) is 200 Å². The quantitative estimate of drug-likeness (QED) is 0.0379. The fraction of sp³-hybridized carbons (Fsp3) is 0.594. The summed E-state index contributed by atoms with van der Waals surface area (Å²) >= 11 is 0. The Morgan fingerprint density at radius 2 is 0.600 bits per heavy atom. The molecule has 3 aromatic carbocycles. The van der Waals surface area contributed by atoms with Crippen LogP contribution in [0.5, 0.6) is 0 Å². The van der Waals surface area contributed by atoms with Crippen molar-refractivity contribution in [1.82, 2.24) is 0 Å². The fourth-order valence-corrected chi connectivity index (χ4v) is 12.4. The summed E-state index contributed by atoms with van der Waals surface area (Å²) in [7, 11) is -0.814. The molecule has 0 amide bonds. The molecule has 0 bridgehead atoms. The van der Waals surface area contributed by atoms with Crippen LogP contribution in [-0.2, 0) is 29.4 Å². The lowest BCUT2D eigenvalue weighted by Gasteiger charge is -2.35. The summed E-state index contributed by atoms with van der Waals surface area (Å²) in [5.41, 5.74) is 12.2. The van der Waals surface area contributed by atoms with Crippen LogP contribution < -0.4 is 10.9 Å². The highest BCUT2D eigenvalue weighted by atomic mass is 16.7. The van der Waals surface area contributed by atoms with E-state index in [-0.39, 0.29) is 10.8 Å². The van der Waals surface area contributed by atoms with Crippen molar-refractivity contribution in [3.05, 3.63) is 121 Å². The van der Waals surface area contributed by atoms with E-state index in [1.165, 1.54) is 147 Å². The Morgan fingerprint density at radius 1 is 0.343 bits per heavy atom. The molecule has 7 rings (SSSR count). The minimum atomic E-state index is -0.412. The maximum atomic E-state index is 6.80. The van der Waals surface area contributed by atoms with E-state index in [4.69, 9.17) is 18.6 Å². The van der Waals surface area contributed by atoms with Crippen molar-refractivity contribution in [2.45, 2.75) is 243 Å². The second kappa shape index (κ2) is 23.2. The van der Waals surface area contributed by atoms with E-state index in [2.05, 4.69) is 155 Å². The topological polar surface area (TPSA) is 36.9 Å². The van der Waals surface area contributed by atoms with Crippen LogP contribution in [0.4, 0.5) is 0 Å². The molecule has 2 aliphatic carbocycles. The van der Waals surface area contributed by atoms with E-state index in [0.29, 0.717) is 0 Å². The smallest absolute Gasteiger partial charge is 0.399 e. The minimum Gasteiger partial charge on any atom is -0.399 e. The Balaban J connectivity index is 1.40. The molecule has 4 nitrogen and oxygen atoms in total. The van der Waals surface area contributed by atoms with Gasteiger partial charge in [0, 0.05) is 10.8 Å². The highest BCUT2D eigenvalue weighted by Crippen LogP contribution is 2.61. The van der Waals surface area contributed by atoms with Gasteiger partial charge in [0.25, 0.3) is 0 Å². The molecule has 0 spiro atoms. The minimum absolute atomic E-state index is 0.124. The molecule has 0 aromatic heterocycles. The third-order valence-corrected chi connectivity index (χ3v) is 18.0. The molecule has 0 N–H and O–H groups in total. The molecular weight excluding hydrogens is 854 g/mol. The van der Waals surface area contributed by atoms with Gasteiger partial charge in [-0.3, -0.25) is 0 Å². The molecule has 70 heavy (non-hydrogen) atoms. The molecule has 4 aliphatic rings. The molecule has 378 valence electrons. The van der Waals surface area contributed by atoms with E-state index in [9.17, 15) is 0 Å². The van der Waals surface area contributed by atoms with Gasteiger partial charge in [0.05, 0.1) is 22.4 Å². The molecule has 2 fully saturated rings. The van der Waals surface area contributed by atoms with Gasteiger partial charge in [-0.2, -0.15) is 0 Å². The van der Waals surface area contributed by atoms with Crippen LogP contribution in [0, 0.1) is 0 Å². The Labute approximate surface area is 428 Å². The van der Waals surface area contributed by atoms with E-state index >= 15 is 0 Å². The average Bonchev–Trinajstić information content (AvgIpc) is 3.92. The van der Waals surface area contributed by atoms with Crippen LogP contribution in [-0.4, -0.2) is 36.6 Å². The predicted octanol–water partition coefficient (Wildman–Crippen LogP) is 16.9. The van der Waals surface area contributed by atoms with Crippen LogP contribution in [0.15, 0.2) is 99.2 Å². The number of allylic oxidation sites excluding steroid dienone is 4. The van der Waals surface area contributed by atoms with Gasteiger partial charge in [0.15, 0.2) is 0 Å². The second-order valence-corrected chi connectivity index (χ2v) is 23.9. The standard InChI is InChI=1S/C64H92B2O4/c1-13-17-21-25-29-33-41-63(42-34-30-26-22-18-14-2)55-45-49(65-67-59(5,6)60(7,8)68-65)37-39-51(55)53-48-58-54(47-57(53)63)52-40-38-50(66-69-61(9,10)62(11,12)70-66)46-56(52)64(58,43-35-31-27-23-19-15-3)44-36-32-28-24-20-16-4/h13-16,37-40,45-48H,1-4,17-36,41-44H2,5-12H3. The van der Waals surface area contributed by atoms with Gasteiger partial charge < -0.3 is 18.6 Å². The number of unbranched alkanes of at least 4 members (excludes halogenated alkanes) is 16. The van der Waals surface area contributed by atoms with Crippen molar-refractivity contribution >= 4 is 25.2 Å². The third-order valence-electron chi connectivity index (χ3n) is 18.0. The Kier molecular flexibility index (Phi) is 18.0. The summed E-state index contributed by atoms with van der Waals surface area (Å²) in [6.45, 7) is 33.5. The van der Waals surface area contributed by atoms with Gasteiger partial charge in [-0.1, -0.05) is 138 Å².